The van der Waals surface area contributed by atoms with Gasteiger partial charge in [0.25, 0.3) is 5.91 Å². The van der Waals surface area contributed by atoms with E-state index in [0.717, 1.165) is 11.1 Å². The Hall–Kier alpha value is -5.93. The molecule has 0 saturated carbocycles. The fourth-order valence-electron chi connectivity index (χ4n) is 5.26. The van der Waals surface area contributed by atoms with E-state index in [0.29, 0.717) is 49.7 Å². The van der Waals surface area contributed by atoms with Crippen molar-refractivity contribution in [2.45, 2.75) is 19.5 Å². The molecule has 6 aromatic rings. The average Bonchev–Trinajstić information content (AvgIpc) is 3.40. The summed E-state index contributed by atoms with van der Waals surface area (Å²) < 4.78 is 0. The number of fused-ring (bicyclic) bond motifs is 1. The molecular formula is C37H31ClN6O3. The molecule has 10 heteroatoms. The van der Waals surface area contributed by atoms with Gasteiger partial charge in [0, 0.05) is 50.8 Å². The van der Waals surface area contributed by atoms with E-state index in [9.17, 15) is 14.7 Å². The Kier molecular flexibility index (Phi) is 9.26. The number of aromatic hydroxyl groups is 1. The van der Waals surface area contributed by atoms with E-state index in [1.807, 2.05) is 61.5 Å². The second kappa shape index (κ2) is 14.0. The van der Waals surface area contributed by atoms with E-state index >= 15 is 0 Å². The third-order valence-corrected chi connectivity index (χ3v) is 7.78. The van der Waals surface area contributed by atoms with Gasteiger partial charge in [0.2, 0.25) is 0 Å². The molecule has 6 rings (SSSR count). The number of benzene rings is 4. The number of carbonyl (C=O) groups is 2. The first-order valence-electron chi connectivity index (χ1n) is 14.9. The predicted molar refractivity (Wildman–Crippen MR) is 186 cm³/mol. The molecule has 4 aromatic carbocycles. The first-order chi connectivity index (χ1) is 22.8. The van der Waals surface area contributed by atoms with Crippen LogP contribution in [0.3, 0.4) is 0 Å². The maximum Gasteiger partial charge on any atom is 0.323 e. The van der Waals surface area contributed by atoms with Crippen LogP contribution in [-0.2, 0) is 6.54 Å². The number of nitrogens with one attached hydrogen (secondary N) is 4. The molecule has 0 bridgehead atoms. The van der Waals surface area contributed by atoms with Gasteiger partial charge in [-0.1, -0.05) is 60.1 Å². The maximum absolute atomic E-state index is 13.3. The molecule has 9 nitrogen and oxygen atoms in total. The second-order valence-electron chi connectivity index (χ2n) is 10.9. The lowest BCUT2D eigenvalue weighted by atomic mass is 10.0. The van der Waals surface area contributed by atoms with Gasteiger partial charge in [0.05, 0.1) is 23.9 Å². The van der Waals surface area contributed by atoms with Crippen LogP contribution in [0.25, 0.3) is 10.9 Å². The van der Waals surface area contributed by atoms with E-state index in [1.165, 1.54) is 0 Å². The number of pyridine rings is 1. The Labute approximate surface area is 276 Å². The molecule has 0 spiro atoms. The summed E-state index contributed by atoms with van der Waals surface area (Å²) >= 11 is 6.03. The van der Waals surface area contributed by atoms with E-state index in [2.05, 4.69) is 25.9 Å². The molecule has 234 valence electrons. The zero-order valence-corrected chi connectivity index (χ0v) is 26.1. The Morgan fingerprint density at radius 1 is 0.872 bits per heavy atom. The number of carbonyl (C=O) groups excluding carboxylic acids is 2. The number of nitrogens with zero attached hydrogens (tertiary/aromatic N) is 2. The molecule has 2 heterocycles. The van der Waals surface area contributed by atoms with Crippen LogP contribution in [0.2, 0.25) is 5.02 Å². The summed E-state index contributed by atoms with van der Waals surface area (Å²) in [6.45, 7) is 2.17. The highest BCUT2D eigenvalue weighted by Crippen LogP contribution is 2.31. The number of amides is 3. The van der Waals surface area contributed by atoms with Crippen LogP contribution in [0, 0.1) is 0 Å². The molecular weight excluding hydrogens is 612 g/mol. The summed E-state index contributed by atoms with van der Waals surface area (Å²) in [5.41, 5.74) is 5.70. The minimum Gasteiger partial charge on any atom is -0.494 e. The molecule has 0 saturated heterocycles. The minimum absolute atomic E-state index is 0.0779. The van der Waals surface area contributed by atoms with Gasteiger partial charge in [-0.15, -0.1) is 0 Å². The van der Waals surface area contributed by atoms with Gasteiger partial charge >= 0.3 is 6.03 Å². The number of aromatic nitrogens is 2. The van der Waals surface area contributed by atoms with E-state index in [1.54, 1.807) is 67.0 Å². The molecule has 5 N–H and O–H groups in total. The number of aromatic amines is 1. The third kappa shape index (κ3) is 7.49. The molecule has 0 unspecified atom stereocenters. The molecule has 0 radical (unpaired) electrons. The Morgan fingerprint density at radius 3 is 2.38 bits per heavy atom. The van der Waals surface area contributed by atoms with Gasteiger partial charge in [0.15, 0.2) is 5.88 Å². The summed E-state index contributed by atoms with van der Waals surface area (Å²) in [6, 6.07) is 32.3. The van der Waals surface area contributed by atoms with Crippen molar-refractivity contribution in [3.8, 4) is 5.88 Å². The largest absolute Gasteiger partial charge is 0.494 e. The molecule has 0 aliphatic heterocycles. The number of urea groups is 1. The van der Waals surface area contributed by atoms with Gasteiger partial charge in [-0.05, 0) is 78.7 Å². The first-order valence-corrected chi connectivity index (χ1v) is 15.3. The molecule has 0 aliphatic rings. The quantitative estimate of drug-likeness (QED) is 0.102. The first kappa shape index (κ1) is 31.1. The van der Waals surface area contributed by atoms with Gasteiger partial charge in [-0.3, -0.25) is 14.8 Å². The van der Waals surface area contributed by atoms with Gasteiger partial charge in [0.1, 0.15) is 0 Å². The molecule has 0 fully saturated rings. The number of anilines is 2. The normalized spacial score (nSPS) is 12.0. The summed E-state index contributed by atoms with van der Waals surface area (Å²) in [7, 11) is 0. The topological polar surface area (TPSA) is 132 Å². The van der Waals surface area contributed by atoms with Crippen molar-refractivity contribution in [3.05, 3.63) is 154 Å². The smallest absolute Gasteiger partial charge is 0.323 e. The Morgan fingerprint density at radius 2 is 1.64 bits per heavy atom. The fraction of sp³-hybridized carbons (Fsp3) is 0.0811. The average molecular weight is 643 g/mol. The molecule has 0 aliphatic carbocycles. The lowest BCUT2D eigenvalue weighted by Crippen LogP contribution is -2.26. The Bertz CT molecular complexity index is 2080. The van der Waals surface area contributed by atoms with Crippen molar-refractivity contribution < 1.29 is 14.7 Å². The number of halogens is 1. The standard InChI is InChI=1S/C37H31ClN6O3/c1-23(25-9-3-2-4-10-25)41-35(45)26-15-16-32-31(19-26)33(36(46)44-32)34(27-11-7-17-39-22-27)40-21-24-8-5-13-29(18-24)42-37(47)43-30-14-6-12-28(38)20-30/h2-20,22-23,44,46H,21H2,1H3,(H,41,45)(H2,42,43,47)/t23-/m1/s1. The summed E-state index contributed by atoms with van der Waals surface area (Å²) in [4.78, 5) is 38.1. The zero-order chi connectivity index (χ0) is 32.8. The van der Waals surface area contributed by atoms with E-state index in [4.69, 9.17) is 16.6 Å². The van der Waals surface area contributed by atoms with E-state index in [-0.39, 0.29) is 24.4 Å². The Balaban J connectivity index is 1.28. The van der Waals surface area contributed by atoms with Gasteiger partial charge < -0.3 is 26.0 Å². The molecule has 1 atom stereocenters. The number of hydrogen-bond donors (Lipinski definition) is 5. The summed E-state index contributed by atoms with van der Waals surface area (Å²) in [5.74, 6) is -0.315. The highest BCUT2D eigenvalue weighted by atomic mass is 35.5. The van der Waals surface area contributed by atoms with Crippen LogP contribution in [0.5, 0.6) is 5.88 Å². The second-order valence-corrected chi connectivity index (χ2v) is 11.3. The minimum atomic E-state index is -0.411. The molecule has 47 heavy (non-hydrogen) atoms. The summed E-state index contributed by atoms with van der Waals surface area (Å²) in [5, 5.41) is 21.0. The number of H-pyrrole nitrogens is 1. The van der Waals surface area contributed by atoms with Crippen LogP contribution in [0.15, 0.2) is 127 Å². The van der Waals surface area contributed by atoms with Crippen molar-refractivity contribution in [2.75, 3.05) is 10.6 Å². The van der Waals surface area contributed by atoms with Crippen LogP contribution in [-0.4, -0.2) is 32.7 Å². The van der Waals surface area contributed by atoms with Crippen molar-refractivity contribution in [2.24, 2.45) is 4.99 Å². The fourth-order valence-corrected chi connectivity index (χ4v) is 5.45. The van der Waals surface area contributed by atoms with Crippen molar-refractivity contribution in [3.63, 3.8) is 0 Å². The highest BCUT2D eigenvalue weighted by Gasteiger charge is 2.21. The van der Waals surface area contributed by atoms with Crippen molar-refractivity contribution >= 4 is 51.5 Å². The highest BCUT2D eigenvalue weighted by molar-refractivity contribution is 6.31. The SMILES string of the molecule is C[C@@H](NC(=O)c1ccc2[nH]c(O)c(C(=NCc3cccc(NC(=O)Nc4cccc(Cl)c4)c3)c3cccnc3)c2c1)c1ccccc1. The number of hydrogen-bond acceptors (Lipinski definition) is 5. The van der Waals surface area contributed by atoms with E-state index < -0.39 is 6.03 Å². The van der Waals surface area contributed by atoms with Crippen LogP contribution in [0.1, 0.15) is 45.6 Å². The van der Waals surface area contributed by atoms with Gasteiger partial charge in [-0.25, -0.2) is 4.79 Å². The molecule has 3 amide bonds. The predicted octanol–water partition coefficient (Wildman–Crippen LogP) is 8.09. The number of rotatable bonds is 9. The van der Waals surface area contributed by atoms with Crippen molar-refractivity contribution in [1.82, 2.24) is 15.3 Å². The zero-order valence-electron chi connectivity index (χ0n) is 25.4. The van der Waals surface area contributed by atoms with Gasteiger partial charge in [-0.2, -0.15) is 0 Å². The molecule has 2 aromatic heterocycles. The number of aliphatic imine (C=N–C) groups is 1. The lowest BCUT2D eigenvalue weighted by molar-refractivity contribution is 0.0940. The van der Waals surface area contributed by atoms with Crippen LogP contribution < -0.4 is 16.0 Å². The van der Waals surface area contributed by atoms with Crippen LogP contribution in [0.4, 0.5) is 16.2 Å². The van der Waals surface area contributed by atoms with Crippen molar-refractivity contribution in [1.29, 1.82) is 0 Å². The maximum atomic E-state index is 13.3. The van der Waals surface area contributed by atoms with Crippen LogP contribution >= 0.6 is 11.6 Å². The third-order valence-electron chi connectivity index (χ3n) is 7.55. The monoisotopic (exact) mass is 642 g/mol. The summed E-state index contributed by atoms with van der Waals surface area (Å²) in [6.07, 6.45) is 3.34. The lowest BCUT2D eigenvalue weighted by Gasteiger charge is -2.14.